The fourth-order valence-electron chi connectivity index (χ4n) is 3.12. The first-order valence-electron chi connectivity index (χ1n) is 7.50. The third-order valence-electron chi connectivity index (χ3n) is 4.82. The van der Waals surface area contributed by atoms with E-state index in [9.17, 15) is 4.79 Å². The van der Waals surface area contributed by atoms with Crippen molar-refractivity contribution in [3.05, 3.63) is 35.9 Å². The molecule has 0 amide bonds. The predicted molar refractivity (Wildman–Crippen MR) is 85.4 cm³/mol. The molecule has 1 aliphatic rings. The minimum atomic E-state index is -0.664. The van der Waals surface area contributed by atoms with Crippen LogP contribution in [0.25, 0.3) is 0 Å². The van der Waals surface area contributed by atoms with E-state index in [0.29, 0.717) is 13.0 Å². The highest BCUT2D eigenvalue weighted by Gasteiger charge is 2.54. The van der Waals surface area contributed by atoms with Crippen molar-refractivity contribution in [2.75, 3.05) is 20.8 Å². The van der Waals surface area contributed by atoms with Crippen LogP contribution in [0.2, 0.25) is 0 Å². The number of benzene rings is 1. The van der Waals surface area contributed by atoms with Gasteiger partial charge in [-0.15, -0.1) is 0 Å². The van der Waals surface area contributed by atoms with Crippen molar-refractivity contribution in [1.29, 1.82) is 0 Å². The second-order valence-electron chi connectivity index (χ2n) is 5.93. The van der Waals surface area contributed by atoms with Gasteiger partial charge in [0.1, 0.15) is 11.5 Å². The zero-order chi connectivity index (χ0) is 16.4. The van der Waals surface area contributed by atoms with Crippen molar-refractivity contribution >= 4 is 5.97 Å². The molecule has 2 atom stereocenters. The molecule has 0 saturated heterocycles. The Bertz CT molecular complexity index is 593. The molecule has 0 fully saturated rings. The standard InChI is InChI=1S/C18H24O4/c1-6-22-16(19)18(3)11-7-10-17(18,2)14-12-13(20-4)8-9-15(14)21-5/h7-10,12H,6,11H2,1-5H3/t17-,18+/m0/s1. The van der Waals surface area contributed by atoms with Crippen LogP contribution < -0.4 is 9.47 Å². The zero-order valence-electron chi connectivity index (χ0n) is 13.9. The number of rotatable bonds is 5. The number of hydrogen-bond donors (Lipinski definition) is 0. The van der Waals surface area contributed by atoms with Gasteiger partial charge in [0.2, 0.25) is 0 Å². The molecule has 0 aliphatic heterocycles. The SMILES string of the molecule is CCOC(=O)[C@@]1(C)CC=C[C@@]1(C)c1cc(OC)ccc1OC. The number of esters is 1. The molecule has 4 heteroatoms. The monoisotopic (exact) mass is 304 g/mol. The highest BCUT2D eigenvalue weighted by Crippen LogP contribution is 2.53. The Morgan fingerprint density at radius 3 is 2.55 bits per heavy atom. The van der Waals surface area contributed by atoms with Crippen LogP contribution in [0.15, 0.2) is 30.4 Å². The summed E-state index contributed by atoms with van der Waals surface area (Å²) in [6.07, 6.45) is 4.75. The Balaban J connectivity index is 2.57. The molecule has 120 valence electrons. The third-order valence-corrected chi connectivity index (χ3v) is 4.82. The van der Waals surface area contributed by atoms with Crippen molar-refractivity contribution in [3.63, 3.8) is 0 Å². The number of hydrogen-bond acceptors (Lipinski definition) is 4. The summed E-state index contributed by atoms with van der Waals surface area (Å²) in [5.41, 5.74) is -0.249. The maximum Gasteiger partial charge on any atom is 0.313 e. The van der Waals surface area contributed by atoms with E-state index in [1.165, 1.54) is 0 Å². The van der Waals surface area contributed by atoms with Crippen molar-refractivity contribution < 1.29 is 19.0 Å². The number of methoxy groups -OCH3 is 2. The maximum atomic E-state index is 12.6. The summed E-state index contributed by atoms with van der Waals surface area (Å²) >= 11 is 0. The van der Waals surface area contributed by atoms with Gasteiger partial charge in [-0.05, 0) is 38.5 Å². The quantitative estimate of drug-likeness (QED) is 0.617. The average molecular weight is 304 g/mol. The Morgan fingerprint density at radius 2 is 1.95 bits per heavy atom. The first kappa shape index (κ1) is 16.4. The molecule has 0 saturated carbocycles. The Morgan fingerprint density at radius 1 is 1.23 bits per heavy atom. The Hall–Kier alpha value is -1.97. The molecule has 1 aromatic carbocycles. The van der Waals surface area contributed by atoms with Gasteiger partial charge in [-0.2, -0.15) is 0 Å². The van der Waals surface area contributed by atoms with E-state index >= 15 is 0 Å². The van der Waals surface area contributed by atoms with Crippen LogP contribution in [-0.2, 0) is 14.9 Å². The number of allylic oxidation sites excluding steroid dienone is 2. The van der Waals surface area contributed by atoms with Crippen LogP contribution in [0.1, 0.15) is 32.8 Å². The summed E-state index contributed by atoms with van der Waals surface area (Å²) < 4.78 is 16.2. The molecule has 4 nitrogen and oxygen atoms in total. The molecule has 0 heterocycles. The van der Waals surface area contributed by atoms with E-state index in [1.807, 2.05) is 45.0 Å². The fraction of sp³-hybridized carbons (Fsp3) is 0.500. The number of carbonyl (C=O) groups is 1. The number of ether oxygens (including phenoxy) is 3. The van der Waals surface area contributed by atoms with Crippen LogP contribution in [0.4, 0.5) is 0 Å². The van der Waals surface area contributed by atoms with Crippen molar-refractivity contribution in [1.82, 2.24) is 0 Å². The van der Waals surface area contributed by atoms with Gasteiger partial charge in [0, 0.05) is 11.0 Å². The third kappa shape index (κ3) is 2.36. The highest BCUT2D eigenvalue weighted by atomic mass is 16.5. The van der Waals surface area contributed by atoms with E-state index in [4.69, 9.17) is 14.2 Å². The molecule has 0 N–H and O–H groups in total. The van der Waals surface area contributed by atoms with E-state index in [-0.39, 0.29) is 5.97 Å². The summed E-state index contributed by atoms with van der Waals surface area (Å²) in [6, 6.07) is 5.66. The second-order valence-corrected chi connectivity index (χ2v) is 5.93. The van der Waals surface area contributed by atoms with Crippen molar-refractivity contribution in [2.45, 2.75) is 32.6 Å². The fourth-order valence-corrected chi connectivity index (χ4v) is 3.12. The van der Waals surface area contributed by atoms with E-state index in [2.05, 4.69) is 6.08 Å². The molecule has 22 heavy (non-hydrogen) atoms. The van der Waals surface area contributed by atoms with Gasteiger partial charge in [0.25, 0.3) is 0 Å². The first-order valence-corrected chi connectivity index (χ1v) is 7.50. The minimum absolute atomic E-state index is 0.188. The van der Waals surface area contributed by atoms with Gasteiger partial charge >= 0.3 is 5.97 Å². The summed E-state index contributed by atoms with van der Waals surface area (Å²) in [4.78, 5) is 12.6. The predicted octanol–water partition coefficient (Wildman–Crippen LogP) is 3.49. The van der Waals surface area contributed by atoms with Crippen molar-refractivity contribution in [3.8, 4) is 11.5 Å². The average Bonchev–Trinajstić information content (AvgIpc) is 2.84. The lowest BCUT2D eigenvalue weighted by atomic mass is 9.63. The molecule has 0 bridgehead atoms. The van der Waals surface area contributed by atoms with E-state index < -0.39 is 10.8 Å². The van der Waals surface area contributed by atoms with E-state index in [1.54, 1.807) is 14.2 Å². The van der Waals surface area contributed by atoms with Crippen molar-refractivity contribution in [2.24, 2.45) is 5.41 Å². The minimum Gasteiger partial charge on any atom is -0.497 e. The topological polar surface area (TPSA) is 44.8 Å². The highest BCUT2D eigenvalue weighted by molar-refractivity contribution is 5.81. The van der Waals surface area contributed by atoms with Gasteiger partial charge in [-0.25, -0.2) is 0 Å². The summed E-state index contributed by atoms with van der Waals surface area (Å²) in [6.45, 7) is 6.20. The molecule has 1 aliphatic carbocycles. The second kappa shape index (κ2) is 6.03. The van der Waals surface area contributed by atoms with Gasteiger partial charge in [-0.3, -0.25) is 4.79 Å². The van der Waals surface area contributed by atoms with E-state index in [0.717, 1.165) is 17.1 Å². The van der Waals surface area contributed by atoms with Crippen LogP contribution in [0.5, 0.6) is 11.5 Å². The largest absolute Gasteiger partial charge is 0.497 e. The summed E-state index contributed by atoms with van der Waals surface area (Å²) in [7, 11) is 3.26. The van der Waals surface area contributed by atoms with Gasteiger partial charge in [0.05, 0.1) is 26.2 Å². The zero-order valence-corrected chi connectivity index (χ0v) is 13.9. The molecular formula is C18H24O4. The summed E-state index contributed by atoms with van der Waals surface area (Å²) in [5.74, 6) is 1.29. The molecule has 0 unspecified atom stereocenters. The van der Waals surface area contributed by atoms with Crippen LogP contribution in [0.3, 0.4) is 0 Å². The molecule has 2 rings (SSSR count). The van der Waals surface area contributed by atoms with Crippen LogP contribution in [0, 0.1) is 5.41 Å². The van der Waals surface area contributed by atoms with Crippen LogP contribution >= 0.6 is 0 Å². The normalized spacial score (nSPS) is 26.8. The lowest BCUT2D eigenvalue weighted by Gasteiger charge is -2.39. The summed E-state index contributed by atoms with van der Waals surface area (Å²) in [5, 5.41) is 0. The maximum absolute atomic E-state index is 12.6. The molecule has 1 aromatic rings. The lowest BCUT2D eigenvalue weighted by Crippen LogP contribution is -2.44. The Labute approximate surface area is 132 Å². The molecular weight excluding hydrogens is 280 g/mol. The van der Waals surface area contributed by atoms with Gasteiger partial charge in [-0.1, -0.05) is 19.1 Å². The first-order chi connectivity index (χ1) is 10.4. The van der Waals surface area contributed by atoms with Gasteiger partial charge in [0.15, 0.2) is 0 Å². The van der Waals surface area contributed by atoms with Crippen LogP contribution in [-0.4, -0.2) is 26.8 Å². The molecule has 0 aromatic heterocycles. The smallest absolute Gasteiger partial charge is 0.313 e. The Kier molecular flexibility index (Phi) is 4.50. The van der Waals surface area contributed by atoms with Gasteiger partial charge < -0.3 is 14.2 Å². The molecule has 0 spiro atoms. The molecule has 0 radical (unpaired) electrons. The number of carbonyl (C=O) groups excluding carboxylic acids is 1. The lowest BCUT2D eigenvalue weighted by molar-refractivity contribution is -0.156.